The Hall–Kier alpha value is -2.82. The lowest BCUT2D eigenvalue weighted by Crippen LogP contribution is -2.30. The highest BCUT2D eigenvalue weighted by Crippen LogP contribution is 2.40. The molecule has 0 N–H and O–H groups in total. The molecule has 1 saturated carbocycles. The Bertz CT molecular complexity index is 970. The Labute approximate surface area is 151 Å². The van der Waals surface area contributed by atoms with Crippen LogP contribution in [0.2, 0.25) is 0 Å². The summed E-state index contributed by atoms with van der Waals surface area (Å²) in [5, 5.41) is 0.560. The number of benzene rings is 1. The molecular formula is C21H20FN3O. The number of halogens is 1. The fourth-order valence-electron chi connectivity index (χ4n) is 3.20. The first-order chi connectivity index (χ1) is 12.5. The van der Waals surface area contributed by atoms with Crippen LogP contribution in [0.15, 0.2) is 48.8 Å². The van der Waals surface area contributed by atoms with Crippen LogP contribution in [-0.4, -0.2) is 27.8 Å². The molecule has 0 saturated heterocycles. The van der Waals surface area contributed by atoms with E-state index in [1.165, 1.54) is 12.1 Å². The number of nitrogens with zero attached hydrogens (tertiary/aromatic N) is 3. The summed E-state index contributed by atoms with van der Waals surface area (Å²) < 4.78 is 13.8. The summed E-state index contributed by atoms with van der Waals surface area (Å²) in [4.78, 5) is 23.7. The maximum absolute atomic E-state index is 13.8. The van der Waals surface area contributed by atoms with E-state index in [9.17, 15) is 9.18 Å². The van der Waals surface area contributed by atoms with Gasteiger partial charge in [-0.15, -0.1) is 0 Å². The molecule has 1 unspecified atom stereocenters. The number of amides is 1. The number of hydrogen-bond donors (Lipinski definition) is 0. The van der Waals surface area contributed by atoms with Crippen molar-refractivity contribution in [2.45, 2.75) is 31.7 Å². The summed E-state index contributed by atoms with van der Waals surface area (Å²) in [7, 11) is 1.77. The molecule has 1 atom stereocenters. The third kappa shape index (κ3) is 3.05. The quantitative estimate of drug-likeness (QED) is 0.698. The second kappa shape index (κ2) is 6.48. The molecule has 2 heterocycles. The fourth-order valence-corrected chi connectivity index (χ4v) is 3.20. The molecule has 1 aromatic carbocycles. The van der Waals surface area contributed by atoms with E-state index >= 15 is 0 Å². The first-order valence-electron chi connectivity index (χ1n) is 8.82. The average molecular weight is 349 g/mol. The highest BCUT2D eigenvalue weighted by molar-refractivity contribution is 6.06. The number of hydrogen-bond acceptors (Lipinski definition) is 3. The van der Waals surface area contributed by atoms with Crippen LogP contribution < -0.4 is 0 Å². The van der Waals surface area contributed by atoms with Gasteiger partial charge in [0.05, 0.1) is 17.1 Å². The van der Waals surface area contributed by atoms with Crippen LogP contribution in [-0.2, 0) is 0 Å². The summed E-state index contributed by atoms with van der Waals surface area (Å²) in [5.74, 6) is -0.0891. The number of rotatable bonds is 4. The van der Waals surface area contributed by atoms with E-state index in [4.69, 9.17) is 0 Å². The lowest BCUT2D eigenvalue weighted by atomic mass is 10.0. The fraction of sp³-hybridized carbons (Fsp3) is 0.286. The summed E-state index contributed by atoms with van der Waals surface area (Å²) in [6.45, 7) is 1.96. The van der Waals surface area contributed by atoms with Crippen molar-refractivity contribution in [3.05, 3.63) is 71.4 Å². The second-order valence-corrected chi connectivity index (χ2v) is 6.91. The van der Waals surface area contributed by atoms with Gasteiger partial charge in [0.1, 0.15) is 5.82 Å². The first-order valence-corrected chi connectivity index (χ1v) is 8.82. The van der Waals surface area contributed by atoms with E-state index in [-0.39, 0.29) is 17.8 Å². The van der Waals surface area contributed by atoms with Crippen molar-refractivity contribution in [3.8, 4) is 0 Å². The molecule has 26 heavy (non-hydrogen) atoms. The predicted molar refractivity (Wildman–Crippen MR) is 98.4 cm³/mol. The minimum atomic E-state index is -0.365. The monoisotopic (exact) mass is 349 g/mol. The van der Waals surface area contributed by atoms with Gasteiger partial charge in [0, 0.05) is 36.4 Å². The van der Waals surface area contributed by atoms with Gasteiger partial charge in [-0.25, -0.2) is 4.39 Å². The number of carbonyl (C=O) groups is 1. The molecule has 132 valence electrons. The van der Waals surface area contributed by atoms with Gasteiger partial charge in [-0.05, 0) is 55.7 Å². The predicted octanol–water partition coefficient (Wildman–Crippen LogP) is 4.48. The minimum absolute atomic E-state index is 0.138. The van der Waals surface area contributed by atoms with Crippen molar-refractivity contribution in [3.63, 3.8) is 0 Å². The molecule has 1 aliphatic rings. The topological polar surface area (TPSA) is 46.1 Å². The van der Waals surface area contributed by atoms with E-state index in [1.54, 1.807) is 30.4 Å². The summed E-state index contributed by atoms with van der Waals surface area (Å²) >= 11 is 0. The lowest BCUT2D eigenvalue weighted by Gasteiger charge is -2.26. The molecule has 0 radical (unpaired) electrons. The van der Waals surface area contributed by atoms with Gasteiger partial charge in [-0.2, -0.15) is 0 Å². The second-order valence-electron chi connectivity index (χ2n) is 6.91. The average Bonchev–Trinajstić information content (AvgIpc) is 3.51. The van der Waals surface area contributed by atoms with Gasteiger partial charge in [-0.1, -0.05) is 6.07 Å². The normalized spacial score (nSPS) is 15.0. The molecule has 1 fully saturated rings. The number of aromatic nitrogens is 2. The summed E-state index contributed by atoms with van der Waals surface area (Å²) in [6.07, 6.45) is 5.65. The van der Waals surface area contributed by atoms with Crippen LogP contribution in [0, 0.1) is 5.82 Å². The first kappa shape index (κ1) is 16.6. The zero-order chi connectivity index (χ0) is 18.3. The standard InChI is InChI=1S/C21H20FN3O/c1-13(15-4-3-9-23-12-15)25(2)21(26)18-11-20(14-5-6-14)24-19-8-7-16(22)10-17(18)19/h3-4,7-14H,5-6H2,1-2H3. The van der Waals surface area contributed by atoms with E-state index in [1.807, 2.05) is 25.1 Å². The summed E-state index contributed by atoms with van der Waals surface area (Å²) in [5.41, 5.74) is 3.06. The zero-order valence-corrected chi connectivity index (χ0v) is 14.8. The lowest BCUT2D eigenvalue weighted by molar-refractivity contribution is 0.0744. The minimum Gasteiger partial charge on any atom is -0.335 e. The van der Waals surface area contributed by atoms with Crippen molar-refractivity contribution in [1.82, 2.24) is 14.9 Å². The van der Waals surface area contributed by atoms with Gasteiger partial charge in [-0.3, -0.25) is 14.8 Å². The Morgan fingerprint density at radius 2 is 2.08 bits per heavy atom. The Morgan fingerprint density at radius 3 is 2.77 bits per heavy atom. The SMILES string of the molecule is CC(c1cccnc1)N(C)C(=O)c1cc(C2CC2)nc2ccc(F)cc12. The molecule has 0 aliphatic heterocycles. The Kier molecular flexibility index (Phi) is 4.15. The number of fused-ring (bicyclic) bond motifs is 1. The molecule has 2 aromatic heterocycles. The summed E-state index contributed by atoms with van der Waals surface area (Å²) in [6, 6.07) is 9.94. The molecule has 5 heteroatoms. The number of pyridine rings is 2. The van der Waals surface area contributed by atoms with Gasteiger partial charge >= 0.3 is 0 Å². The van der Waals surface area contributed by atoms with Crippen LogP contribution in [0.4, 0.5) is 4.39 Å². The third-order valence-electron chi connectivity index (χ3n) is 5.08. The van der Waals surface area contributed by atoms with E-state index in [0.717, 1.165) is 24.1 Å². The smallest absolute Gasteiger partial charge is 0.254 e. The molecule has 0 bridgehead atoms. The van der Waals surface area contributed by atoms with Crippen molar-refractivity contribution in [2.75, 3.05) is 7.05 Å². The Balaban J connectivity index is 1.76. The van der Waals surface area contributed by atoms with Gasteiger partial charge in [0.15, 0.2) is 0 Å². The molecule has 4 nitrogen and oxygen atoms in total. The van der Waals surface area contributed by atoms with Gasteiger partial charge in [0.25, 0.3) is 5.91 Å². The largest absolute Gasteiger partial charge is 0.335 e. The van der Waals surface area contributed by atoms with E-state index in [0.29, 0.717) is 22.4 Å². The third-order valence-corrected chi connectivity index (χ3v) is 5.08. The molecule has 0 spiro atoms. The molecule has 4 rings (SSSR count). The molecule has 3 aromatic rings. The van der Waals surface area contributed by atoms with Crippen LogP contribution in [0.3, 0.4) is 0 Å². The van der Waals surface area contributed by atoms with Crippen molar-refractivity contribution in [1.29, 1.82) is 0 Å². The molecular weight excluding hydrogens is 329 g/mol. The molecule has 1 amide bonds. The highest BCUT2D eigenvalue weighted by Gasteiger charge is 2.28. The highest BCUT2D eigenvalue weighted by atomic mass is 19.1. The zero-order valence-electron chi connectivity index (χ0n) is 14.8. The van der Waals surface area contributed by atoms with E-state index in [2.05, 4.69) is 9.97 Å². The van der Waals surface area contributed by atoms with Crippen LogP contribution in [0.5, 0.6) is 0 Å². The Morgan fingerprint density at radius 1 is 1.27 bits per heavy atom. The maximum Gasteiger partial charge on any atom is 0.254 e. The van der Waals surface area contributed by atoms with Gasteiger partial charge < -0.3 is 4.90 Å². The number of carbonyl (C=O) groups excluding carboxylic acids is 1. The van der Waals surface area contributed by atoms with Crippen LogP contribution >= 0.6 is 0 Å². The maximum atomic E-state index is 13.8. The van der Waals surface area contributed by atoms with Crippen LogP contribution in [0.1, 0.15) is 53.3 Å². The van der Waals surface area contributed by atoms with Crippen molar-refractivity contribution >= 4 is 16.8 Å². The van der Waals surface area contributed by atoms with Gasteiger partial charge in [0.2, 0.25) is 0 Å². The van der Waals surface area contributed by atoms with E-state index < -0.39 is 0 Å². The molecule has 1 aliphatic carbocycles. The van der Waals surface area contributed by atoms with Crippen molar-refractivity contribution in [2.24, 2.45) is 0 Å². The van der Waals surface area contributed by atoms with Crippen molar-refractivity contribution < 1.29 is 9.18 Å². The van der Waals surface area contributed by atoms with Crippen LogP contribution in [0.25, 0.3) is 10.9 Å².